The molecule has 0 aliphatic carbocycles. The summed E-state index contributed by atoms with van der Waals surface area (Å²) in [6.07, 6.45) is 0.578. The molecule has 9 unspecified atom stereocenters. The number of aromatic amines is 1. The number of aromatic carboxylic acids is 1. The van der Waals surface area contributed by atoms with Crippen LogP contribution < -0.4 is 16.6 Å². The number of carboxylic acids is 1. The highest BCUT2D eigenvalue weighted by molar-refractivity contribution is 7.85. The smallest absolute Gasteiger partial charge is 0.478 e. The summed E-state index contributed by atoms with van der Waals surface area (Å²) in [4.78, 5) is 110. The van der Waals surface area contributed by atoms with Crippen molar-refractivity contribution < 1.29 is 129 Å². The molecule has 0 saturated carbocycles. The molecule has 0 spiro atoms. The van der Waals surface area contributed by atoms with Gasteiger partial charge >= 0.3 is 58.6 Å². The summed E-state index contributed by atoms with van der Waals surface area (Å²) in [5.74, 6) is -2.56. The van der Waals surface area contributed by atoms with Gasteiger partial charge in [0, 0.05) is 48.9 Å². The standard InChI is InChI=1S/C34H52N4O29P6S/c1-5-11-27-34(3,4)29-23(32(42)43)16-22(17-24(29)37(27)13-10-15-74(57,58)59)31(41)35-12-8-6-7-9-14-60-68(45,46)63-70(49,50)65-72(53,54)67-73(55,56)66-71(51,52)64-69(47,48)61-20-26-25(39)18-28(62-26)38-19-21(2)30(40)36-33(38)44/h5,11,16-17,19,25-26,28,39H,6-10,12-15,18,20H2,1-4H3,(H9-,35,36,40,41,42,43,44,45,46,47,48,49,50,51,52,53,54,55,56,57,58,59)/p+1. The second kappa shape index (κ2) is 24.7. The Morgan fingerprint density at radius 2 is 1.41 bits per heavy atom. The Kier molecular flexibility index (Phi) is 21.2. The third kappa shape index (κ3) is 18.6. The Bertz CT molecular complexity index is 3070. The molecule has 33 nitrogen and oxygen atoms in total. The Balaban J connectivity index is 1.22. The number of ether oxygens (including phenoxy) is 1. The SMILES string of the molecule is CC=CC1=[N+](CCCS(=O)(=O)O)c2cc(C(=O)NCCCCCCOP(=O)(O)OP(=O)(O)OP(=O)(O)OP(=O)(O)OP(=O)(O)OP(=O)(O)OCC3OC(n4cc(C)c(=O)[nH]c4=O)CC3O)cc(C(=O)O)c2C1(C)C. The van der Waals surface area contributed by atoms with Crippen molar-refractivity contribution in [3.63, 3.8) is 0 Å². The topological polar surface area (TPSA) is 497 Å². The first-order valence-corrected chi connectivity index (χ1v) is 31.8. The lowest BCUT2D eigenvalue weighted by Crippen LogP contribution is -2.33. The molecule has 40 heteroatoms. The van der Waals surface area contributed by atoms with Crippen LogP contribution in [0.4, 0.5) is 5.69 Å². The Labute approximate surface area is 419 Å². The molecule has 2 aliphatic heterocycles. The number of phosphoric acid groups is 6. The maximum atomic E-state index is 13.2. The molecule has 1 fully saturated rings. The lowest BCUT2D eigenvalue weighted by atomic mass is 9.78. The summed E-state index contributed by atoms with van der Waals surface area (Å²) in [6.45, 7) is 4.89. The number of H-pyrrole nitrogens is 1. The van der Waals surface area contributed by atoms with Gasteiger partial charge in [0.2, 0.25) is 5.69 Å². The number of nitrogens with zero attached hydrogens (tertiary/aromatic N) is 2. The molecule has 0 bridgehead atoms. The average molecular weight is 1200 g/mol. The number of amides is 1. The molecule has 3 heterocycles. The largest absolute Gasteiger partial charge is 0.490 e. The Morgan fingerprint density at radius 1 is 0.865 bits per heavy atom. The summed E-state index contributed by atoms with van der Waals surface area (Å²) >= 11 is 0. The van der Waals surface area contributed by atoms with Crippen molar-refractivity contribution in [1.82, 2.24) is 14.9 Å². The van der Waals surface area contributed by atoms with Crippen LogP contribution in [-0.2, 0) is 78.3 Å². The van der Waals surface area contributed by atoms with Gasteiger partial charge in [-0.25, -0.2) is 37.0 Å². The Hall–Kier alpha value is -3.06. The van der Waals surface area contributed by atoms with Crippen LogP contribution >= 0.6 is 46.9 Å². The van der Waals surface area contributed by atoms with Crippen LogP contribution in [0.3, 0.4) is 0 Å². The van der Waals surface area contributed by atoms with Crippen molar-refractivity contribution in [2.24, 2.45) is 0 Å². The number of aliphatic hydroxyl groups is 1. The Morgan fingerprint density at radius 3 is 1.95 bits per heavy atom. The van der Waals surface area contributed by atoms with Crippen molar-refractivity contribution in [3.8, 4) is 0 Å². The number of hydrogen-bond acceptors (Lipinski definition) is 21. The molecule has 4 rings (SSSR count). The number of allylic oxidation sites excluding steroid dienone is 2. The van der Waals surface area contributed by atoms with E-state index in [-0.39, 0.29) is 61.9 Å². The summed E-state index contributed by atoms with van der Waals surface area (Å²) in [5.41, 5.74) is -1.35. The molecule has 74 heavy (non-hydrogen) atoms. The van der Waals surface area contributed by atoms with Crippen LogP contribution in [0.25, 0.3) is 0 Å². The van der Waals surface area contributed by atoms with Crippen molar-refractivity contribution in [2.45, 2.75) is 90.1 Å². The highest BCUT2D eigenvalue weighted by Gasteiger charge is 2.51. The number of carbonyl (C=O) groups is 2. The predicted molar refractivity (Wildman–Crippen MR) is 250 cm³/mol. The van der Waals surface area contributed by atoms with Crippen LogP contribution in [0.1, 0.15) is 97.4 Å². The van der Waals surface area contributed by atoms with E-state index in [1.165, 1.54) is 19.1 Å². The molecule has 9 atom stereocenters. The van der Waals surface area contributed by atoms with Crippen LogP contribution in [0, 0.1) is 6.92 Å². The number of aryl methyl sites for hydroxylation is 1. The lowest BCUT2D eigenvalue weighted by Gasteiger charge is -2.21. The number of phosphoric ester groups is 2. The lowest BCUT2D eigenvalue weighted by molar-refractivity contribution is -0.437. The predicted octanol–water partition coefficient (Wildman–Crippen LogP) is 3.13. The number of nitrogens with one attached hydrogen (secondary N) is 2. The van der Waals surface area contributed by atoms with Crippen LogP contribution in [0.2, 0.25) is 0 Å². The monoisotopic (exact) mass is 1200 g/mol. The van der Waals surface area contributed by atoms with Crippen molar-refractivity contribution >= 4 is 80.3 Å². The number of benzene rings is 1. The molecular formula is C34H53N4O29P6S+. The van der Waals surface area contributed by atoms with Crippen LogP contribution in [0.5, 0.6) is 0 Å². The fraction of sp³-hybridized carbons (Fsp3) is 0.559. The second-order valence-corrected chi connectivity index (χ2v) is 27.4. The molecule has 2 aliphatic rings. The van der Waals surface area contributed by atoms with Gasteiger partial charge in [0.1, 0.15) is 18.9 Å². The van der Waals surface area contributed by atoms with E-state index in [1.54, 1.807) is 37.5 Å². The number of carbonyl (C=O) groups excluding carboxylic acids is 1. The second-order valence-electron chi connectivity index (χ2n) is 16.5. The third-order valence-electron chi connectivity index (χ3n) is 10.3. The number of aliphatic hydroxyl groups excluding tert-OH is 1. The minimum absolute atomic E-state index is 0.0299. The summed E-state index contributed by atoms with van der Waals surface area (Å²) in [6, 6.07) is 2.67. The quantitative estimate of drug-likeness (QED) is 0.0241. The molecule has 11 N–H and O–H groups in total. The maximum absolute atomic E-state index is 13.2. The number of carboxylic acid groups (broad SMARTS) is 1. The normalized spacial score (nSPS) is 22.7. The van der Waals surface area contributed by atoms with Gasteiger partial charge < -0.3 is 49.6 Å². The van der Waals surface area contributed by atoms with Gasteiger partial charge in [-0.1, -0.05) is 18.9 Å². The fourth-order valence-electron chi connectivity index (χ4n) is 7.32. The zero-order valence-electron chi connectivity index (χ0n) is 39.1. The van der Waals surface area contributed by atoms with E-state index in [1.807, 2.05) is 4.98 Å². The minimum atomic E-state index is -6.55. The van der Waals surface area contributed by atoms with E-state index in [2.05, 4.69) is 35.9 Å². The number of aromatic nitrogens is 2. The van der Waals surface area contributed by atoms with Gasteiger partial charge in [-0.15, -0.1) is 0 Å². The molecular weight excluding hydrogens is 1150 g/mol. The molecule has 0 radical (unpaired) electrons. The maximum Gasteiger partial charge on any atom is 0.490 e. The van der Waals surface area contributed by atoms with E-state index in [4.69, 9.17) is 4.74 Å². The van der Waals surface area contributed by atoms with Gasteiger partial charge in [0.15, 0.2) is 5.71 Å². The van der Waals surface area contributed by atoms with Gasteiger partial charge in [-0.3, -0.25) is 32.7 Å². The first-order chi connectivity index (χ1) is 33.8. The number of hydrogen-bond donors (Lipinski definition) is 11. The van der Waals surface area contributed by atoms with Crippen molar-refractivity contribution in [1.29, 1.82) is 0 Å². The van der Waals surface area contributed by atoms with Crippen LogP contribution in [0.15, 0.2) is 40.1 Å². The van der Waals surface area contributed by atoms with Gasteiger partial charge in [-0.2, -0.15) is 34.5 Å². The number of unbranched alkanes of at least 4 members (excludes halogenated alkanes) is 3. The number of rotatable bonds is 29. The third-order valence-corrected chi connectivity index (χ3v) is 20.3. The summed E-state index contributed by atoms with van der Waals surface area (Å²) in [7, 11) is -41.7. The summed E-state index contributed by atoms with van der Waals surface area (Å²) < 4.78 is 141. The van der Waals surface area contributed by atoms with E-state index in [0.29, 0.717) is 23.4 Å². The number of fused-ring (bicyclic) bond motifs is 1. The first kappa shape index (κ1) is 63.5. The first-order valence-electron chi connectivity index (χ1n) is 21.2. The van der Waals surface area contributed by atoms with E-state index in [0.717, 1.165) is 10.8 Å². The van der Waals surface area contributed by atoms with E-state index >= 15 is 0 Å². The fourth-order valence-corrected chi connectivity index (χ4v) is 15.7. The van der Waals surface area contributed by atoms with E-state index < -0.39 is 123 Å². The van der Waals surface area contributed by atoms with Crippen molar-refractivity contribution in [2.75, 3.05) is 32.1 Å². The highest BCUT2D eigenvalue weighted by Crippen LogP contribution is 2.75. The molecule has 1 saturated heterocycles. The average Bonchev–Trinajstić information content (AvgIpc) is 3.68. The summed E-state index contributed by atoms with van der Waals surface area (Å²) in [5, 5.41) is 23.0. The molecule has 418 valence electrons. The van der Waals surface area contributed by atoms with Gasteiger partial charge in [-0.05, 0) is 46.6 Å². The minimum Gasteiger partial charge on any atom is -0.478 e. The zero-order valence-corrected chi connectivity index (χ0v) is 45.3. The molecule has 1 aromatic carbocycles. The van der Waals surface area contributed by atoms with Crippen LogP contribution in [-0.4, -0.2) is 129 Å². The highest BCUT2D eigenvalue weighted by atomic mass is 32.2. The molecule has 1 amide bonds. The zero-order chi connectivity index (χ0) is 56.0. The molecule has 1 aromatic heterocycles. The van der Waals surface area contributed by atoms with Crippen molar-refractivity contribution in [3.05, 3.63) is 73.6 Å². The van der Waals surface area contributed by atoms with Gasteiger partial charge in [0.25, 0.3) is 21.6 Å². The van der Waals surface area contributed by atoms with Gasteiger partial charge in [0.05, 0.1) is 41.6 Å². The van der Waals surface area contributed by atoms with E-state index in [9.17, 15) is 99.1 Å². The molecule has 2 aromatic rings.